The molecule has 3 nitrogen and oxygen atoms in total. The largest absolute Gasteiger partial charge is 0.486 e. The van der Waals surface area contributed by atoms with Crippen LogP contribution in [0.25, 0.3) is 17.1 Å². The van der Waals surface area contributed by atoms with E-state index in [-0.39, 0.29) is 0 Å². The van der Waals surface area contributed by atoms with Crippen molar-refractivity contribution >= 4 is 17.1 Å². The zero-order chi connectivity index (χ0) is 18.5. The number of hydrogen-bond donors (Lipinski definition) is 0. The van der Waals surface area contributed by atoms with Crippen molar-refractivity contribution in [3.8, 4) is 5.75 Å². The molecule has 4 rings (SSSR count). The van der Waals surface area contributed by atoms with E-state index in [0.717, 1.165) is 29.2 Å². The highest BCUT2D eigenvalue weighted by atomic mass is 16.5. The van der Waals surface area contributed by atoms with Crippen LogP contribution in [0.4, 0.5) is 0 Å². The number of hydrogen-bond acceptors (Lipinski definition) is 2. The van der Waals surface area contributed by atoms with E-state index in [9.17, 15) is 0 Å². The fraction of sp³-hybridized carbons (Fsp3) is 0.125. The van der Waals surface area contributed by atoms with Crippen molar-refractivity contribution in [1.29, 1.82) is 0 Å². The van der Waals surface area contributed by atoms with Gasteiger partial charge >= 0.3 is 0 Å². The molecule has 134 valence electrons. The second kappa shape index (κ2) is 7.92. The molecule has 0 spiro atoms. The first-order valence-corrected chi connectivity index (χ1v) is 9.15. The number of benzene rings is 3. The second-order valence-corrected chi connectivity index (χ2v) is 6.55. The van der Waals surface area contributed by atoms with Gasteiger partial charge in [0.25, 0.3) is 0 Å². The zero-order valence-electron chi connectivity index (χ0n) is 15.4. The fourth-order valence-electron chi connectivity index (χ4n) is 3.15. The molecule has 1 aromatic heterocycles. The van der Waals surface area contributed by atoms with Crippen molar-refractivity contribution in [2.45, 2.75) is 20.1 Å². The summed E-state index contributed by atoms with van der Waals surface area (Å²) in [5, 5.41) is 0. The maximum Gasteiger partial charge on any atom is 0.148 e. The number of allylic oxidation sites excluding steroid dienone is 1. The van der Waals surface area contributed by atoms with Crippen molar-refractivity contribution in [1.82, 2.24) is 9.55 Å². The minimum Gasteiger partial charge on any atom is -0.486 e. The molecule has 0 radical (unpaired) electrons. The summed E-state index contributed by atoms with van der Waals surface area (Å²) in [5.74, 6) is 1.80. The van der Waals surface area contributed by atoms with E-state index in [0.29, 0.717) is 6.61 Å². The van der Waals surface area contributed by atoms with Gasteiger partial charge in [0.2, 0.25) is 0 Å². The van der Waals surface area contributed by atoms with Gasteiger partial charge in [-0.3, -0.25) is 0 Å². The van der Waals surface area contributed by atoms with Gasteiger partial charge in [0.05, 0.1) is 11.0 Å². The summed E-state index contributed by atoms with van der Waals surface area (Å²) in [6, 6.07) is 26.6. The molecule has 0 aliphatic carbocycles. The molecule has 0 amide bonds. The van der Waals surface area contributed by atoms with Crippen LogP contribution in [-0.2, 0) is 13.2 Å². The number of nitrogens with zero attached hydrogens (tertiary/aromatic N) is 2. The Morgan fingerprint density at radius 1 is 0.926 bits per heavy atom. The van der Waals surface area contributed by atoms with Crippen LogP contribution in [0.15, 0.2) is 84.9 Å². The molecule has 0 aliphatic heterocycles. The van der Waals surface area contributed by atoms with Crippen LogP contribution < -0.4 is 4.74 Å². The molecule has 27 heavy (non-hydrogen) atoms. The van der Waals surface area contributed by atoms with E-state index >= 15 is 0 Å². The Hall–Kier alpha value is -3.33. The van der Waals surface area contributed by atoms with E-state index in [1.165, 1.54) is 11.1 Å². The lowest BCUT2D eigenvalue weighted by atomic mass is 10.2. The van der Waals surface area contributed by atoms with Gasteiger partial charge in [-0.15, -0.1) is 0 Å². The topological polar surface area (TPSA) is 27.1 Å². The third kappa shape index (κ3) is 4.09. The van der Waals surface area contributed by atoms with Crippen molar-refractivity contribution in [2.24, 2.45) is 0 Å². The summed E-state index contributed by atoms with van der Waals surface area (Å²) in [6.45, 7) is 3.26. The molecule has 3 heteroatoms. The van der Waals surface area contributed by atoms with Crippen LogP contribution in [0.5, 0.6) is 5.75 Å². The van der Waals surface area contributed by atoms with E-state index in [4.69, 9.17) is 9.72 Å². The van der Waals surface area contributed by atoms with Crippen LogP contribution >= 0.6 is 0 Å². The molecule has 0 atom stereocenters. The molecular formula is C24H22N2O. The summed E-state index contributed by atoms with van der Waals surface area (Å²) in [7, 11) is 0. The number of fused-ring (bicyclic) bond motifs is 1. The van der Waals surface area contributed by atoms with Gasteiger partial charge in [-0.25, -0.2) is 4.98 Å². The number of aryl methyl sites for hydroxylation is 1. The van der Waals surface area contributed by atoms with Crippen LogP contribution in [0.3, 0.4) is 0 Å². The van der Waals surface area contributed by atoms with Gasteiger partial charge in [-0.05, 0) is 42.3 Å². The molecule has 0 bridgehead atoms. The quantitative estimate of drug-likeness (QED) is 0.448. The standard InChI is InChI=1S/C24H22N2O/c1-19-9-7-13-21(17-19)27-18-24-25-22-14-5-6-15-23(22)26(24)16-8-12-20-10-3-2-4-11-20/h2-15,17H,16,18H2,1H3/b12-8+. The molecule has 0 aliphatic rings. The maximum atomic E-state index is 6.00. The van der Waals surface area contributed by atoms with E-state index in [1.807, 2.05) is 54.6 Å². The maximum absolute atomic E-state index is 6.00. The first-order valence-electron chi connectivity index (χ1n) is 9.15. The lowest BCUT2D eigenvalue weighted by molar-refractivity contribution is 0.291. The third-order valence-corrected chi connectivity index (χ3v) is 4.49. The van der Waals surface area contributed by atoms with Gasteiger partial charge in [0.15, 0.2) is 0 Å². The molecule has 0 saturated carbocycles. The monoisotopic (exact) mass is 354 g/mol. The van der Waals surface area contributed by atoms with Crippen molar-refractivity contribution < 1.29 is 4.74 Å². The highest BCUT2D eigenvalue weighted by molar-refractivity contribution is 5.76. The lowest BCUT2D eigenvalue weighted by Gasteiger charge is -2.09. The van der Waals surface area contributed by atoms with Crippen LogP contribution in [0.1, 0.15) is 17.0 Å². The third-order valence-electron chi connectivity index (χ3n) is 4.49. The van der Waals surface area contributed by atoms with Crippen LogP contribution in [-0.4, -0.2) is 9.55 Å². The van der Waals surface area contributed by atoms with Crippen molar-refractivity contribution in [2.75, 3.05) is 0 Å². The van der Waals surface area contributed by atoms with Gasteiger partial charge in [0, 0.05) is 6.54 Å². The smallest absolute Gasteiger partial charge is 0.148 e. The van der Waals surface area contributed by atoms with Gasteiger partial charge in [-0.2, -0.15) is 0 Å². The second-order valence-electron chi connectivity index (χ2n) is 6.55. The van der Waals surface area contributed by atoms with E-state index in [1.54, 1.807) is 0 Å². The summed E-state index contributed by atoms with van der Waals surface area (Å²) >= 11 is 0. The Bertz CT molecular complexity index is 1060. The Labute approximate surface area is 159 Å². The summed E-state index contributed by atoms with van der Waals surface area (Å²) in [6.07, 6.45) is 4.31. The van der Waals surface area contributed by atoms with Crippen LogP contribution in [0.2, 0.25) is 0 Å². The normalized spacial score (nSPS) is 11.3. The Kier molecular flexibility index (Phi) is 5.01. The summed E-state index contributed by atoms with van der Waals surface area (Å²) < 4.78 is 8.21. The Balaban J connectivity index is 1.58. The molecule has 3 aromatic carbocycles. The predicted molar refractivity (Wildman–Crippen MR) is 111 cm³/mol. The molecule has 0 saturated heterocycles. The Morgan fingerprint density at radius 2 is 1.74 bits per heavy atom. The van der Waals surface area contributed by atoms with E-state index in [2.05, 4.69) is 47.9 Å². The SMILES string of the molecule is Cc1cccc(OCc2nc3ccccc3n2C/C=C/c2ccccc2)c1. The predicted octanol–water partition coefficient (Wildman–Crippen LogP) is 5.64. The molecule has 4 aromatic rings. The van der Waals surface area contributed by atoms with Crippen LogP contribution in [0, 0.1) is 6.92 Å². The molecule has 0 fully saturated rings. The molecule has 1 heterocycles. The number of ether oxygens (including phenoxy) is 1. The van der Waals surface area contributed by atoms with Gasteiger partial charge in [0.1, 0.15) is 18.2 Å². The minimum atomic E-state index is 0.442. The number of rotatable bonds is 6. The van der Waals surface area contributed by atoms with Crippen molar-refractivity contribution in [3.63, 3.8) is 0 Å². The van der Waals surface area contributed by atoms with Gasteiger partial charge in [-0.1, -0.05) is 66.7 Å². The number of aromatic nitrogens is 2. The average Bonchev–Trinajstić information content (AvgIpc) is 3.05. The molecule has 0 unspecified atom stereocenters. The van der Waals surface area contributed by atoms with Crippen molar-refractivity contribution in [3.05, 3.63) is 102 Å². The van der Waals surface area contributed by atoms with E-state index < -0.39 is 0 Å². The lowest BCUT2D eigenvalue weighted by Crippen LogP contribution is -2.06. The minimum absolute atomic E-state index is 0.442. The Morgan fingerprint density at radius 3 is 2.59 bits per heavy atom. The number of para-hydroxylation sites is 2. The first-order chi connectivity index (χ1) is 13.3. The summed E-state index contributed by atoms with van der Waals surface area (Å²) in [5.41, 5.74) is 4.50. The zero-order valence-corrected chi connectivity index (χ0v) is 15.4. The summed E-state index contributed by atoms with van der Waals surface area (Å²) in [4.78, 5) is 4.78. The first kappa shape index (κ1) is 17.1. The van der Waals surface area contributed by atoms with Gasteiger partial charge < -0.3 is 9.30 Å². The fourth-order valence-corrected chi connectivity index (χ4v) is 3.15. The molecular weight excluding hydrogens is 332 g/mol. The number of imidazole rings is 1. The highest BCUT2D eigenvalue weighted by Gasteiger charge is 2.10. The highest BCUT2D eigenvalue weighted by Crippen LogP contribution is 2.19. The molecule has 0 N–H and O–H groups in total. The average molecular weight is 354 g/mol.